The third-order valence-corrected chi connectivity index (χ3v) is 2.19. The topological polar surface area (TPSA) is 27.7 Å². The summed E-state index contributed by atoms with van der Waals surface area (Å²) in [5.41, 5.74) is 0. The van der Waals surface area contributed by atoms with E-state index in [4.69, 9.17) is 0 Å². The van der Waals surface area contributed by atoms with Gasteiger partial charge in [0.1, 0.15) is 0 Å². The molecule has 0 aliphatic rings. The summed E-state index contributed by atoms with van der Waals surface area (Å²) in [6.07, 6.45) is -8.57. The second-order valence-corrected chi connectivity index (χ2v) is 3.72. The zero-order valence-electron chi connectivity index (χ0n) is 7.85. The molecular formula is C6H9F6O3Si. The van der Waals surface area contributed by atoms with Gasteiger partial charge in [0, 0.05) is 0 Å². The lowest BCUT2D eigenvalue weighted by Gasteiger charge is -2.14. The first kappa shape index (κ1) is 15.7. The van der Waals surface area contributed by atoms with Crippen molar-refractivity contribution in [3.63, 3.8) is 0 Å². The zero-order chi connectivity index (χ0) is 12.6. The Kier molecular flexibility index (Phi) is 8.61. The minimum absolute atomic E-state index is 1.11. The van der Waals surface area contributed by atoms with Gasteiger partial charge in [-0.25, -0.2) is 26.3 Å². The Morgan fingerprint density at radius 2 is 0.875 bits per heavy atom. The molecule has 0 aromatic carbocycles. The van der Waals surface area contributed by atoms with Crippen molar-refractivity contribution in [1.82, 2.24) is 0 Å². The predicted molar refractivity (Wildman–Crippen MR) is 41.6 cm³/mol. The van der Waals surface area contributed by atoms with Gasteiger partial charge in [-0.1, -0.05) is 0 Å². The highest BCUT2D eigenvalue weighted by atomic mass is 28.3. The molecule has 0 fully saturated rings. The third-order valence-electron chi connectivity index (χ3n) is 0.982. The van der Waals surface area contributed by atoms with Crippen molar-refractivity contribution >= 4 is 9.53 Å². The fourth-order valence-corrected chi connectivity index (χ4v) is 1.55. The highest BCUT2D eigenvalue weighted by Crippen LogP contribution is 2.03. The lowest BCUT2D eigenvalue weighted by molar-refractivity contribution is -0.0131. The minimum Gasteiger partial charge on any atom is -0.365 e. The van der Waals surface area contributed by atoms with Crippen molar-refractivity contribution in [1.29, 1.82) is 0 Å². The molecule has 3 nitrogen and oxygen atoms in total. The van der Waals surface area contributed by atoms with Gasteiger partial charge >= 0.3 is 9.53 Å². The molecule has 0 aliphatic carbocycles. The number of hydrogen-bond acceptors (Lipinski definition) is 3. The maximum atomic E-state index is 11.7. The maximum Gasteiger partial charge on any atom is 0.578 e. The van der Waals surface area contributed by atoms with Gasteiger partial charge in [-0.3, -0.25) is 0 Å². The summed E-state index contributed by atoms with van der Waals surface area (Å²) >= 11 is 0. The first-order valence-corrected chi connectivity index (χ1v) is 5.24. The van der Waals surface area contributed by atoms with E-state index in [2.05, 4.69) is 13.3 Å². The fraction of sp³-hybridized carbons (Fsp3) is 1.00. The van der Waals surface area contributed by atoms with E-state index in [1.165, 1.54) is 0 Å². The van der Waals surface area contributed by atoms with Crippen LogP contribution < -0.4 is 0 Å². The van der Waals surface area contributed by atoms with Gasteiger partial charge in [0.2, 0.25) is 0 Å². The Balaban J connectivity index is 3.85. The average Bonchev–Trinajstić information content (AvgIpc) is 2.15. The molecule has 0 aromatic rings. The Hall–Kier alpha value is -0.323. The fourth-order valence-electron chi connectivity index (χ4n) is 0.518. The van der Waals surface area contributed by atoms with E-state index in [-0.39, 0.29) is 0 Å². The van der Waals surface area contributed by atoms with Gasteiger partial charge in [-0.2, -0.15) is 0 Å². The summed E-state index contributed by atoms with van der Waals surface area (Å²) < 4.78 is 82.8. The van der Waals surface area contributed by atoms with E-state index in [1.54, 1.807) is 0 Å². The molecule has 0 bridgehead atoms. The van der Waals surface area contributed by atoms with Crippen LogP contribution >= 0.6 is 0 Å². The van der Waals surface area contributed by atoms with Crippen molar-refractivity contribution in [2.24, 2.45) is 0 Å². The minimum atomic E-state index is -2.97. The van der Waals surface area contributed by atoms with Crippen LogP contribution in [0.3, 0.4) is 0 Å². The monoisotopic (exact) mass is 271 g/mol. The molecule has 0 spiro atoms. The Bertz CT molecular complexity index is 144. The molecule has 16 heavy (non-hydrogen) atoms. The van der Waals surface area contributed by atoms with Gasteiger partial charge in [-0.15, -0.1) is 0 Å². The Morgan fingerprint density at radius 3 is 1.06 bits per heavy atom. The number of halogens is 6. The SMILES string of the molecule is FC(F)CO[Si](OCC(F)F)OCC(F)F. The first-order valence-electron chi connectivity index (χ1n) is 4.01. The maximum absolute atomic E-state index is 11.7. The van der Waals surface area contributed by atoms with E-state index in [0.717, 1.165) is 0 Å². The zero-order valence-corrected chi connectivity index (χ0v) is 8.85. The summed E-state index contributed by atoms with van der Waals surface area (Å²) in [6.45, 7) is -3.33. The second-order valence-electron chi connectivity index (χ2n) is 2.36. The molecule has 0 heterocycles. The lowest BCUT2D eigenvalue weighted by Crippen LogP contribution is -2.32. The van der Waals surface area contributed by atoms with E-state index in [9.17, 15) is 26.3 Å². The summed E-state index contributed by atoms with van der Waals surface area (Å²) in [4.78, 5) is 0. The normalized spacial score (nSPS) is 12.4. The van der Waals surface area contributed by atoms with Gasteiger partial charge < -0.3 is 13.3 Å². The molecule has 0 aliphatic heterocycles. The van der Waals surface area contributed by atoms with Crippen molar-refractivity contribution in [2.75, 3.05) is 19.8 Å². The van der Waals surface area contributed by atoms with Gasteiger partial charge in [-0.05, 0) is 0 Å². The van der Waals surface area contributed by atoms with Crippen LogP contribution in [0.15, 0.2) is 0 Å². The van der Waals surface area contributed by atoms with Crippen LogP contribution in [0.25, 0.3) is 0 Å². The van der Waals surface area contributed by atoms with Crippen molar-refractivity contribution in [3.8, 4) is 0 Å². The Labute approximate surface area is 89.2 Å². The lowest BCUT2D eigenvalue weighted by atomic mass is 10.8. The van der Waals surface area contributed by atoms with Crippen LogP contribution in [0.2, 0.25) is 0 Å². The second kappa shape index (κ2) is 8.79. The Morgan fingerprint density at radius 1 is 0.625 bits per heavy atom. The third kappa shape index (κ3) is 10.2. The van der Waals surface area contributed by atoms with Gasteiger partial charge in [0.15, 0.2) is 0 Å². The van der Waals surface area contributed by atoms with Gasteiger partial charge in [0.05, 0.1) is 19.8 Å². The molecule has 0 aromatic heterocycles. The van der Waals surface area contributed by atoms with Crippen LogP contribution in [0, 0.1) is 0 Å². The molecule has 10 heteroatoms. The largest absolute Gasteiger partial charge is 0.578 e. The molecule has 0 saturated carbocycles. The van der Waals surface area contributed by atoms with Crippen LogP contribution in [0.5, 0.6) is 0 Å². The van der Waals surface area contributed by atoms with Crippen molar-refractivity contribution in [2.45, 2.75) is 19.3 Å². The average molecular weight is 271 g/mol. The number of alkyl halides is 6. The van der Waals surface area contributed by atoms with Crippen LogP contribution in [-0.4, -0.2) is 48.6 Å². The predicted octanol–water partition coefficient (Wildman–Crippen LogP) is 1.82. The highest BCUT2D eigenvalue weighted by molar-refractivity contribution is 6.36. The van der Waals surface area contributed by atoms with Crippen molar-refractivity contribution < 1.29 is 39.6 Å². The van der Waals surface area contributed by atoms with Gasteiger partial charge in [0.25, 0.3) is 19.3 Å². The molecule has 1 radical (unpaired) electrons. The molecule has 0 saturated heterocycles. The highest BCUT2D eigenvalue weighted by Gasteiger charge is 2.24. The molecular weight excluding hydrogens is 262 g/mol. The van der Waals surface area contributed by atoms with E-state index < -0.39 is 48.6 Å². The van der Waals surface area contributed by atoms with Crippen LogP contribution in [0.4, 0.5) is 26.3 Å². The summed E-state index contributed by atoms with van der Waals surface area (Å²) in [7, 11) is -2.97. The summed E-state index contributed by atoms with van der Waals surface area (Å²) in [6, 6.07) is 0. The van der Waals surface area contributed by atoms with E-state index in [1.807, 2.05) is 0 Å². The molecule has 0 N–H and O–H groups in total. The molecule has 97 valence electrons. The molecule has 0 atom stereocenters. The standard InChI is InChI=1S/C6H9F6O3Si/c7-4(8)1-13-16(14-2-5(9)10)15-3-6(11)12/h4-6H,1-3H2. The van der Waals surface area contributed by atoms with E-state index in [0.29, 0.717) is 0 Å². The quantitative estimate of drug-likeness (QED) is 0.473. The summed E-state index contributed by atoms with van der Waals surface area (Å²) in [5.74, 6) is 0. The van der Waals surface area contributed by atoms with Crippen LogP contribution in [0.1, 0.15) is 0 Å². The van der Waals surface area contributed by atoms with Crippen LogP contribution in [-0.2, 0) is 13.3 Å². The summed E-state index contributed by atoms with van der Waals surface area (Å²) in [5, 5.41) is 0. The van der Waals surface area contributed by atoms with E-state index >= 15 is 0 Å². The number of rotatable bonds is 9. The first-order chi connectivity index (χ1) is 7.41. The molecule has 0 unspecified atom stereocenters. The smallest absolute Gasteiger partial charge is 0.365 e. The number of hydrogen-bond donors (Lipinski definition) is 0. The van der Waals surface area contributed by atoms with Crippen molar-refractivity contribution in [3.05, 3.63) is 0 Å². The molecule has 0 rings (SSSR count). The molecule has 0 amide bonds.